The van der Waals surface area contributed by atoms with Gasteiger partial charge in [-0.2, -0.15) is 0 Å². The second-order valence-corrected chi connectivity index (χ2v) is 5.45. The minimum Gasteiger partial charge on any atom is -0.476 e. The number of hydrogen-bond acceptors (Lipinski definition) is 6. The third kappa shape index (κ3) is 4.53. The van der Waals surface area contributed by atoms with Crippen LogP contribution in [0.15, 0.2) is 12.4 Å². The maximum Gasteiger partial charge on any atom is 0.358 e. The maximum atomic E-state index is 11.5. The van der Waals surface area contributed by atoms with Gasteiger partial charge in [0.15, 0.2) is 5.69 Å². The van der Waals surface area contributed by atoms with E-state index >= 15 is 0 Å². The van der Waals surface area contributed by atoms with Crippen LogP contribution in [0, 0.1) is 6.92 Å². The zero-order chi connectivity index (χ0) is 15.2. The molecule has 2 heterocycles. The Kier molecular flexibility index (Phi) is 4.82. The predicted octanol–water partition coefficient (Wildman–Crippen LogP) is 0.241. The van der Waals surface area contributed by atoms with E-state index in [0.29, 0.717) is 19.6 Å². The van der Waals surface area contributed by atoms with E-state index < -0.39 is 5.97 Å². The van der Waals surface area contributed by atoms with Crippen molar-refractivity contribution in [2.45, 2.75) is 20.0 Å². The largest absolute Gasteiger partial charge is 0.476 e. The standard InChI is InChI=1S/C11H14N6O3S/c1-7-13-4-8(21-7)5-14-11(20)12-2-3-17-6-9(10(18)19)15-16-17/h4,6H,2-3,5H2,1H3,(H,18,19)(H2,12,14,20). The average molecular weight is 310 g/mol. The molecule has 10 heteroatoms. The van der Waals surface area contributed by atoms with Crippen molar-refractivity contribution in [3.63, 3.8) is 0 Å². The summed E-state index contributed by atoms with van der Waals surface area (Å²) in [6.07, 6.45) is 3.03. The van der Waals surface area contributed by atoms with Crippen LogP contribution in [0.3, 0.4) is 0 Å². The smallest absolute Gasteiger partial charge is 0.358 e. The number of aryl methyl sites for hydroxylation is 1. The Hall–Kier alpha value is -2.49. The number of hydrogen-bond donors (Lipinski definition) is 3. The average Bonchev–Trinajstić information content (AvgIpc) is 3.05. The van der Waals surface area contributed by atoms with Gasteiger partial charge < -0.3 is 15.7 Å². The highest BCUT2D eigenvalue weighted by Gasteiger charge is 2.08. The first kappa shape index (κ1) is 14.9. The SMILES string of the molecule is Cc1ncc(CNC(=O)NCCn2cc(C(=O)O)nn2)s1. The first-order valence-electron chi connectivity index (χ1n) is 6.11. The number of aromatic nitrogens is 4. The van der Waals surface area contributed by atoms with Crippen molar-refractivity contribution in [2.75, 3.05) is 6.54 Å². The van der Waals surface area contributed by atoms with Gasteiger partial charge in [-0.1, -0.05) is 5.21 Å². The third-order valence-electron chi connectivity index (χ3n) is 2.48. The number of amides is 2. The maximum absolute atomic E-state index is 11.5. The lowest BCUT2D eigenvalue weighted by atomic mass is 10.5. The van der Waals surface area contributed by atoms with Crippen LogP contribution in [0.4, 0.5) is 4.79 Å². The van der Waals surface area contributed by atoms with Gasteiger partial charge in [0.25, 0.3) is 0 Å². The number of carboxylic acids is 1. The van der Waals surface area contributed by atoms with E-state index in [0.717, 1.165) is 9.88 Å². The number of nitrogens with one attached hydrogen (secondary N) is 2. The molecule has 0 saturated carbocycles. The molecular formula is C11H14N6O3S. The summed E-state index contributed by atoms with van der Waals surface area (Å²) in [5.41, 5.74) is -0.125. The second kappa shape index (κ2) is 6.79. The molecule has 2 aromatic rings. The fourth-order valence-electron chi connectivity index (χ4n) is 1.51. The Morgan fingerprint density at radius 2 is 2.24 bits per heavy atom. The molecule has 2 rings (SSSR count). The molecule has 0 aliphatic heterocycles. The Labute approximate surface area is 124 Å². The van der Waals surface area contributed by atoms with E-state index in [4.69, 9.17) is 5.11 Å². The molecule has 9 nitrogen and oxygen atoms in total. The van der Waals surface area contributed by atoms with Gasteiger partial charge in [0.05, 0.1) is 24.3 Å². The highest BCUT2D eigenvalue weighted by Crippen LogP contribution is 2.10. The van der Waals surface area contributed by atoms with E-state index in [-0.39, 0.29) is 11.7 Å². The first-order chi connectivity index (χ1) is 10.0. The molecule has 21 heavy (non-hydrogen) atoms. The summed E-state index contributed by atoms with van der Waals surface area (Å²) in [4.78, 5) is 27.2. The van der Waals surface area contributed by atoms with Crippen molar-refractivity contribution in [2.24, 2.45) is 0 Å². The van der Waals surface area contributed by atoms with Crippen molar-refractivity contribution >= 4 is 23.3 Å². The quantitative estimate of drug-likeness (QED) is 0.702. The number of carboxylic acid groups (broad SMARTS) is 1. The minimum absolute atomic E-state index is 0.125. The number of urea groups is 1. The topological polar surface area (TPSA) is 122 Å². The molecule has 0 spiro atoms. The van der Waals surface area contributed by atoms with Gasteiger partial charge in [0.1, 0.15) is 0 Å². The summed E-state index contributed by atoms with van der Waals surface area (Å²) in [6.45, 7) is 2.98. The van der Waals surface area contributed by atoms with E-state index in [9.17, 15) is 9.59 Å². The van der Waals surface area contributed by atoms with E-state index in [2.05, 4.69) is 25.9 Å². The van der Waals surface area contributed by atoms with Gasteiger partial charge in [0, 0.05) is 17.6 Å². The lowest BCUT2D eigenvalue weighted by Crippen LogP contribution is -2.36. The fourth-order valence-corrected chi connectivity index (χ4v) is 2.24. The molecule has 112 valence electrons. The van der Waals surface area contributed by atoms with Crippen molar-refractivity contribution in [3.05, 3.63) is 28.0 Å². The summed E-state index contributed by atoms with van der Waals surface area (Å²) < 4.78 is 1.36. The van der Waals surface area contributed by atoms with Crippen LogP contribution in [-0.2, 0) is 13.1 Å². The predicted molar refractivity (Wildman–Crippen MR) is 74.1 cm³/mol. The minimum atomic E-state index is -1.13. The van der Waals surface area contributed by atoms with Gasteiger partial charge in [0.2, 0.25) is 0 Å². The van der Waals surface area contributed by atoms with Crippen LogP contribution in [-0.4, -0.2) is 43.6 Å². The van der Waals surface area contributed by atoms with Crippen LogP contribution in [0.25, 0.3) is 0 Å². The Bertz CT molecular complexity index is 637. The van der Waals surface area contributed by atoms with Gasteiger partial charge in [-0.25, -0.2) is 19.3 Å². The number of carbonyl (C=O) groups excluding carboxylic acids is 1. The number of rotatable bonds is 6. The summed E-state index contributed by atoms with van der Waals surface area (Å²) in [7, 11) is 0. The van der Waals surface area contributed by atoms with Crippen molar-refractivity contribution in [3.8, 4) is 0 Å². The summed E-state index contributed by atoms with van der Waals surface area (Å²) in [6, 6.07) is -0.306. The molecule has 0 saturated heterocycles. The first-order valence-corrected chi connectivity index (χ1v) is 6.92. The van der Waals surface area contributed by atoms with Gasteiger partial charge >= 0.3 is 12.0 Å². The van der Waals surface area contributed by atoms with E-state index in [1.807, 2.05) is 6.92 Å². The molecule has 0 unspecified atom stereocenters. The number of thiazole rings is 1. The zero-order valence-corrected chi connectivity index (χ0v) is 12.1. The molecule has 0 radical (unpaired) electrons. The molecule has 2 amide bonds. The fraction of sp³-hybridized carbons (Fsp3) is 0.364. The van der Waals surface area contributed by atoms with E-state index in [1.54, 1.807) is 6.20 Å². The summed E-state index contributed by atoms with van der Waals surface area (Å²) in [5.74, 6) is -1.13. The van der Waals surface area contributed by atoms with Crippen LogP contribution < -0.4 is 10.6 Å². The Balaban J connectivity index is 1.67. The van der Waals surface area contributed by atoms with Gasteiger partial charge in [-0.05, 0) is 6.92 Å². The molecule has 0 aliphatic carbocycles. The lowest BCUT2D eigenvalue weighted by molar-refractivity contribution is 0.0690. The van der Waals surface area contributed by atoms with Crippen molar-refractivity contribution in [1.29, 1.82) is 0 Å². The van der Waals surface area contributed by atoms with Gasteiger partial charge in [-0.15, -0.1) is 16.4 Å². The van der Waals surface area contributed by atoms with Crippen LogP contribution in [0.1, 0.15) is 20.4 Å². The molecule has 3 N–H and O–H groups in total. The normalized spacial score (nSPS) is 10.3. The van der Waals surface area contributed by atoms with Crippen LogP contribution in [0.5, 0.6) is 0 Å². The molecular weight excluding hydrogens is 296 g/mol. The molecule has 2 aromatic heterocycles. The summed E-state index contributed by atoms with van der Waals surface area (Å²) >= 11 is 1.52. The Morgan fingerprint density at radius 1 is 1.43 bits per heavy atom. The second-order valence-electron chi connectivity index (χ2n) is 4.13. The van der Waals surface area contributed by atoms with Crippen LogP contribution in [0.2, 0.25) is 0 Å². The number of carbonyl (C=O) groups is 2. The third-order valence-corrected chi connectivity index (χ3v) is 3.39. The lowest BCUT2D eigenvalue weighted by Gasteiger charge is -2.06. The molecule has 0 fully saturated rings. The Morgan fingerprint density at radius 3 is 2.86 bits per heavy atom. The van der Waals surface area contributed by atoms with Gasteiger partial charge in [-0.3, -0.25) is 0 Å². The highest BCUT2D eigenvalue weighted by atomic mass is 32.1. The van der Waals surface area contributed by atoms with Crippen molar-refractivity contribution in [1.82, 2.24) is 30.6 Å². The molecule has 0 aliphatic rings. The number of nitrogens with zero attached hydrogens (tertiary/aromatic N) is 4. The molecule has 0 bridgehead atoms. The van der Waals surface area contributed by atoms with E-state index in [1.165, 1.54) is 22.2 Å². The number of aromatic carboxylic acids is 1. The van der Waals surface area contributed by atoms with Crippen molar-refractivity contribution < 1.29 is 14.7 Å². The monoisotopic (exact) mass is 310 g/mol. The molecule has 0 aromatic carbocycles. The molecule has 0 atom stereocenters. The highest BCUT2D eigenvalue weighted by molar-refractivity contribution is 7.11. The zero-order valence-electron chi connectivity index (χ0n) is 11.2. The summed E-state index contributed by atoms with van der Waals surface area (Å²) in [5, 5.41) is 22.1. The van der Waals surface area contributed by atoms with Crippen LogP contribution >= 0.6 is 11.3 Å².